The van der Waals surface area contributed by atoms with E-state index in [4.69, 9.17) is 10.5 Å². The van der Waals surface area contributed by atoms with Crippen molar-refractivity contribution in [3.05, 3.63) is 0 Å². The third-order valence-electron chi connectivity index (χ3n) is 3.60. The van der Waals surface area contributed by atoms with Gasteiger partial charge in [0.2, 0.25) is 0 Å². The van der Waals surface area contributed by atoms with Gasteiger partial charge in [-0.3, -0.25) is 10.2 Å². The molecule has 1 aliphatic carbocycles. The van der Waals surface area contributed by atoms with Crippen LogP contribution in [0.25, 0.3) is 0 Å². The molecule has 3 N–H and O–H groups in total. The smallest absolute Gasteiger partial charge is 0.309 e. The van der Waals surface area contributed by atoms with E-state index >= 15 is 0 Å². The molecule has 0 aromatic carbocycles. The van der Waals surface area contributed by atoms with Crippen LogP contribution < -0.4 is 11.2 Å². The molecule has 96 valence electrons. The fourth-order valence-corrected chi connectivity index (χ4v) is 2.44. The van der Waals surface area contributed by atoms with Crippen LogP contribution in [-0.4, -0.2) is 23.9 Å². The number of methoxy groups -OCH3 is 1. The van der Waals surface area contributed by atoms with Gasteiger partial charge in [-0.15, -0.1) is 0 Å². The molecule has 0 aromatic rings. The molecule has 1 fully saturated rings. The van der Waals surface area contributed by atoms with Crippen LogP contribution in [0.5, 0.6) is 0 Å². The minimum Gasteiger partial charge on any atom is -0.469 e. The van der Waals surface area contributed by atoms with E-state index in [9.17, 15) is 4.79 Å². The van der Waals surface area contributed by atoms with E-state index in [1.54, 1.807) is 0 Å². The molecule has 0 spiro atoms. The highest BCUT2D eigenvalue weighted by Crippen LogP contribution is 2.52. The molecule has 2 atom stereocenters. The fourth-order valence-electron chi connectivity index (χ4n) is 2.40. The quantitative estimate of drug-likeness (QED) is 0.342. The number of ether oxygens (including phenoxy) is 1. The first-order valence-electron chi connectivity index (χ1n) is 5.48. The van der Waals surface area contributed by atoms with Crippen molar-refractivity contribution in [2.75, 3.05) is 7.11 Å². The number of thiocarbonyl (C=S) groups is 1. The van der Waals surface area contributed by atoms with Crippen LogP contribution in [-0.2, 0) is 9.53 Å². The molecule has 0 bridgehead atoms. The van der Waals surface area contributed by atoms with Gasteiger partial charge in [0, 0.05) is 11.6 Å². The van der Waals surface area contributed by atoms with Crippen molar-refractivity contribution in [1.29, 1.82) is 0 Å². The molecular formula is C11H19N3O2S. The van der Waals surface area contributed by atoms with Crippen LogP contribution in [0.2, 0.25) is 0 Å². The van der Waals surface area contributed by atoms with Crippen LogP contribution in [0, 0.1) is 17.3 Å². The summed E-state index contributed by atoms with van der Waals surface area (Å²) in [5, 5.41) is 4.25. The van der Waals surface area contributed by atoms with E-state index < -0.39 is 0 Å². The van der Waals surface area contributed by atoms with Crippen molar-refractivity contribution in [3.63, 3.8) is 0 Å². The SMILES string of the molecule is COC(=O)[C@H]1C[C@@H](/C(C)=N/NC(N)=S)C1(C)C. The van der Waals surface area contributed by atoms with E-state index in [1.807, 2.05) is 20.8 Å². The van der Waals surface area contributed by atoms with Crippen molar-refractivity contribution >= 4 is 29.0 Å². The molecule has 5 nitrogen and oxygen atoms in total. The number of esters is 1. The maximum absolute atomic E-state index is 11.5. The largest absolute Gasteiger partial charge is 0.469 e. The summed E-state index contributed by atoms with van der Waals surface area (Å²) in [6, 6.07) is 0. The number of hydrogen-bond donors (Lipinski definition) is 2. The molecule has 0 radical (unpaired) electrons. The van der Waals surface area contributed by atoms with E-state index in [-0.39, 0.29) is 28.3 Å². The van der Waals surface area contributed by atoms with Crippen molar-refractivity contribution in [2.45, 2.75) is 27.2 Å². The van der Waals surface area contributed by atoms with Gasteiger partial charge < -0.3 is 10.5 Å². The Labute approximate surface area is 107 Å². The van der Waals surface area contributed by atoms with Crippen molar-refractivity contribution in [3.8, 4) is 0 Å². The van der Waals surface area contributed by atoms with Crippen molar-refractivity contribution in [1.82, 2.24) is 5.43 Å². The molecule has 0 heterocycles. The average Bonchev–Trinajstić information content (AvgIpc) is 2.24. The maximum Gasteiger partial charge on any atom is 0.309 e. The van der Waals surface area contributed by atoms with Gasteiger partial charge in [-0.25, -0.2) is 0 Å². The zero-order valence-corrected chi connectivity index (χ0v) is 11.4. The Hall–Kier alpha value is -1.17. The summed E-state index contributed by atoms with van der Waals surface area (Å²) in [4.78, 5) is 11.5. The standard InChI is InChI=1S/C11H19N3O2S/c1-6(13-14-10(12)17)7-5-8(9(15)16-4)11(7,2)3/h7-8H,5H2,1-4H3,(H3,12,14,17)/b13-6+/t7-,8+/m0/s1. The Morgan fingerprint density at radius 3 is 2.53 bits per heavy atom. The highest BCUT2D eigenvalue weighted by Gasteiger charge is 2.53. The highest BCUT2D eigenvalue weighted by atomic mass is 32.1. The molecule has 1 rings (SSSR count). The lowest BCUT2D eigenvalue weighted by Gasteiger charge is -2.50. The topological polar surface area (TPSA) is 76.7 Å². The number of hydrazone groups is 1. The normalized spacial score (nSPS) is 26.9. The number of carbonyl (C=O) groups excluding carboxylic acids is 1. The maximum atomic E-state index is 11.5. The molecule has 6 heteroatoms. The van der Waals surface area contributed by atoms with E-state index in [0.29, 0.717) is 0 Å². The average molecular weight is 257 g/mol. The molecule has 17 heavy (non-hydrogen) atoms. The van der Waals surface area contributed by atoms with E-state index in [1.165, 1.54) is 7.11 Å². The van der Waals surface area contributed by atoms with E-state index in [0.717, 1.165) is 12.1 Å². The molecule has 0 aliphatic heterocycles. The molecule has 0 amide bonds. The summed E-state index contributed by atoms with van der Waals surface area (Å²) in [6.07, 6.45) is 0.758. The van der Waals surface area contributed by atoms with Crippen LogP contribution in [0.3, 0.4) is 0 Å². The molecule has 0 unspecified atom stereocenters. The summed E-state index contributed by atoms with van der Waals surface area (Å²) in [6.45, 7) is 6.00. The van der Waals surface area contributed by atoms with Gasteiger partial charge in [-0.2, -0.15) is 5.10 Å². The van der Waals surface area contributed by atoms with Gasteiger partial charge in [0.05, 0.1) is 13.0 Å². The predicted molar refractivity (Wildman–Crippen MR) is 70.4 cm³/mol. The van der Waals surface area contributed by atoms with Gasteiger partial charge in [-0.05, 0) is 31.0 Å². The second-order valence-corrected chi connectivity index (χ2v) is 5.35. The first-order chi connectivity index (χ1) is 7.80. The van der Waals surface area contributed by atoms with Crippen LogP contribution in [0.15, 0.2) is 5.10 Å². The molecule has 0 saturated heterocycles. The number of nitrogens with zero attached hydrogens (tertiary/aromatic N) is 1. The number of nitrogens with two attached hydrogens (primary N) is 1. The number of nitrogens with one attached hydrogen (secondary N) is 1. The van der Waals surface area contributed by atoms with Gasteiger partial charge in [0.15, 0.2) is 5.11 Å². The molecule has 1 aliphatic rings. The van der Waals surface area contributed by atoms with Gasteiger partial charge >= 0.3 is 5.97 Å². The van der Waals surface area contributed by atoms with Crippen molar-refractivity contribution in [2.24, 2.45) is 28.1 Å². The van der Waals surface area contributed by atoms with Crippen molar-refractivity contribution < 1.29 is 9.53 Å². The van der Waals surface area contributed by atoms with Gasteiger partial charge in [-0.1, -0.05) is 13.8 Å². The Balaban J connectivity index is 2.69. The summed E-state index contributed by atoms with van der Waals surface area (Å²) in [7, 11) is 1.42. The lowest BCUT2D eigenvalue weighted by molar-refractivity contribution is -0.158. The summed E-state index contributed by atoms with van der Waals surface area (Å²) < 4.78 is 4.78. The second-order valence-electron chi connectivity index (χ2n) is 4.91. The minimum atomic E-state index is -0.152. The predicted octanol–water partition coefficient (Wildman–Crippen LogP) is 1.03. The first kappa shape index (κ1) is 13.9. The monoisotopic (exact) mass is 257 g/mol. The Morgan fingerprint density at radius 1 is 1.53 bits per heavy atom. The van der Waals surface area contributed by atoms with Crippen LogP contribution >= 0.6 is 12.2 Å². The lowest BCUT2D eigenvalue weighted by atomic mass is 9.53. The third-order valence-corrected chi connectivity index (χ3v) is 3.69. The first-order valence-corrected chi connectivity index (χ1v) is 5.89. The third kappa shape index (κ3) is 2.74. The zero-order valence-electron chi connectivity index (χ0n) is 10.6. The zero-order chi connectivity index (χ0) is 13.2. The summed E-state index contributed by atoms with van der Waals surface area (Å²) >= 11 is 4.68. The number of carbonyl (C=O) groups is 1. The minimum absolute atomic E-state index is 0.0625. The van der Waals surface area contributed by atoms with Gasteiger partial charge in [0.25, 0.3) is 0 Å². The van der Waals surface area contributed by atoms with Crippen LogP contribution in [0.4, 0.5) is 0 Å². The Morgan fingerprint density at radius 2 is 2.12 bits per heavy atom. The van der Waals surface area contributed by atoms with Crippen LogP contribution in [0.1, 0.15) is 27.2 Å². The van der Waals surface area contributed by atoms with E-state index in [2.05, 4.69) is 22.7 Å². The molecule has 0 aromatic heterocycles. The summed E-state index contributed by atoms with van der Waals surface area (Å²) in [5.74, 6) is 0.0299. The number of hydrogen-bond acceptors (Lipinski definition) is 4. The highest BCUT2D eigenvalue weighted by molar-refractivity contribution is 7.80. The number of rotatable bonds is 3. The van der Waals surface area contributed by atoms with Gasteiger partial charge in [0.1, 0.15) is 0 Å². The Kier molecular flexibility index (Phi) is 4.08. The molecular weight excluding hydrogens is 238 g/mol. The lowest BCUT2D eigenvalue weighted by Crippen LogP contribution is -2.52. The molecule has 1 saturated carbocycles. The Bertz CT molecular complexity index is 366. The second kappa shape index (κ2) is 5.00. The summed E-state index contributed by atoms with van der Waals surface area (Å²) in [5.41, 5.74) is 8.64. The fraction of sp³-hybridized carbons (Fsp3) is 0.727.